The number of hydrogen-bond acceptors (Lipinski definition) is 5. The normalized spacial score (nSPS) is 12.3. The van der Waals surface area contributed by atoms with Crippen LogP contribution >= 0.6 is 11.8 Å². The zero-order valence-corrected chi connectivity index (χ0v) is 16.7. The van der Waals surface area contributed by atoms with E-state index in [-0.39, 0.29) is 11.5 Å². The molecule has 0 saturated heterocycles. The first-order chi connectivity index (χ1) is 12.4. The maximum absolute atomic E-state index is 12.9. The van der Waals surface area contributed by atoms with E-state index < -0.39 is 0 Å². The van der Waals surface area contributed by atoms with Crippen molar-refractivity contribution in [1.29, 1.82) is 0 Å². The number of hydrogen-bond donors (Lipinski definition) is 1. The van der Waals surface area contributed by atoms with Gasteiger partial charge in [-0.25, -0.2) is 0 Å². The highest BCUT2D eigenvalue weighted by atomic mass is 32.2. The van der Waals surface area contributed by atoms with E-state index in [1.54, 1.807) is 18.0 Å². The highest BCUT2D eigenvalue weighted by Crippen LogP contribution is 2.31. The number of benzene rings is 1. The lowest BCUT2D eigenvalue weighted by atomic mass is 10.0. The molecule has 2 aromatic heterocycles. The highest BCUT2D eigenvalue weighted by molar-refractivity contribution is 7.99. The van der Waals surface area contributed by atoms with Crippen LogP contribution in [-0.2, 0) is 0 Å². The van der Waals surface area contributed by atoms with Crippen LogP contribution in [0.4, 0.5) is 5.69 Å². The van der Waals surface area contributed by atoms with E-state index in [0.717, 1.165) is 28.3 Å². The quantitative estimate of drug-likeness (QED) is 0.611. The molecule has 5 heteroatoms. The lowest BCUT2D eigenvalue weighted by molar-refractivity contribution is 0.488. The summed E-state index contributed by atoms with van der Waals surface area (Å²) in [5.41, 5.74) is 5.36. The zero-order chi connectivity index (χ0) is 18.8. The molecule has 3 aromatic rings. The predicted octanol–water partition coefficient (Wildman–Crippen LogP) is 5.40. The minimum Gasteiger partial charge on any atom is -0.449 e. The van der Waals surface area contributed by atoms with Crippen LogP contribution in [0, 0.1) is 20.8 Å². The van der Waals surface area contributed by atoms with Crippen molar-refractivity contribution in [3.63, 3.8) is 0 Å². The Balaban J connectivity index is 2.15. The van der Waals surface area contributed by atoms with Gasteiger partial charge in [0.05, 0.1) is 22.8 Å². The summed E-state index contributed by atoms with van der Waals surface area (Å²) in [7, 11) is 0. The van der Waals surface area contributed by atoms with Crippen molar-refractivity contribution in [1.82, 2.24) is 4.98 Å². The Morgan fingerprint density at radius 1 is 1.27 bits per heavy atom. The van der Waals surface area contributed by atoms with Crippen molar-refractivity contribution >= 4 is 28.4 Å². The monoisotopic (exact) mass is 368 g/mol. The number of fused-ring (bicyclic) bond motifs is 1. The fraction of sp³-hybridized carbons (Fsp3) is 0.333. The van der Waals surface area contributed by atoms with E-state index in [2.05, 4.69) is 30.2 Å². The third-order valence-corrected chi connectivity index (χ3v) is 5.41. The summed E-state index contributed by atoms with van der Waals surface area (Å²) in [4.78, 5) is 17.2. The van der Waals surface area contributed by atoms with Gasteiger partial charge in [-0.05, 0) is 57.2 Å². The Morgan fingerprint density at radius 2 is 2.04 bits per heavy atom. The molecule has 0 spiro atoms. The first-order valence-corrected chi connectivity index (χ1v) is 9.79. The van der Waals surface area contributed by atoms with Gasteiger partial charge in [0.25, 0.3) is 0 Å². The number of aryl methyl sites for hydroxylation is 2. The summed E-state index contributed by atoms with van der Waals surface area (Å²) in [6.07, 6.45) is 1.78. The molecule has 1 aromatic carbocycles. The van der Waals surface area contributed by atoms with Crippen molar-refractivity contribution in [2.45, 2.75) is 45.8 Å². The number of rotatable bonds is 5. The van der Waals surface area contributed by atoms with Gasteiger partial charge in [-0.3, -0.25) is 9.78 Å². The predicted molar refractivity (Wildman–Crippen MR) is 109 cm³/mol. The average molecular weight is 369 g/mol. The van der Waals surface area contributed by atoms with Crippen molar-refractivity contribution in [2.24, 2.45) is 0 Å². The molecular formula is C21H24N2O2S. The molecule has 0 amide bonds. The molecule has 0 radical (unpaired) electrons. The smallest absolute Gasteiger partial charge is 0.196 e. The van der Waals surface area contributed by atoms with Gasteiger partial charge in [0.1, 0.15) is 5.58 Å². The van der Waals surface area contributed by atoms with Gasteiger partial charge in [-0.15, -0.1) is 0 Å². The maximum atomic E-state index is 12.9. The number of thioether (sulfide) groups is 1. The second-order valence-corrected chi connectivity index (χ2v) is 7.75. The van der Waals surface area contributed by atoms with Gasteiger partial charge in [0.2, 0.25) is 0 Å². The summed E-state index contributed by atoms with van der Waals surface area (Å²) in [6.45, 7) is 9.95. The molecule has 1 atom stereocenters. The van der Waals surface area contributed by atoms with Gasteiger partial charge >= 0.3 is 0 Å². The minimum absolute atomic E-state index is 0.0226. The van der Waals surface area contributed by atoms with E-state index >= 15 is 0 Å². The lowest BCUT2D eigenvalue weighted by Gasteiger charge is -2.19. The van der Waals surface area contributed by atoms with Crippen LogP contribution < -0.4 is 10.7 Å². The Hall–Kier alpha value is -2.27. The van der Waals surface area contributed by atoms with Crippen LogP contribution in [-0.4, -0.2) is 10.7 Å². The van der Waals surface area contributed by atoms with E-state index in [9.17, 15) is 4.79 Å². The molecule has 2 heterocycles. The first kappa shape index (κ1) is 18.5. The standard InChI is InChI=1S/C21H24N2O2S/c1-6-26-21-13(3)19(24)17-11-12(2)10-16(20(17)25-21)14(4)23-18-8-7-9-22-15(18)5/h7-11,14,23H,6H2,1-5H3. The molecule has 136 valence electrons. The third kappa shape index (κ3) is 3.49. The summed E-state index contributed by atoms with van der Waals surface area (Å²) in [6, 6.07) is 7.90. The van der Waals surface area contributed by atoms with Crippen molar-refractivity contribution < 1.29 is 4.42 Å². The summed E-state index contributed by atoms with van der Waals surface area (Å²) in [5.74, 6) is 0.860. The van der Waals surface area contributed by atoms with Gasteiger partial charge in [0.15, 0.2) is 10.5 Å². The van der Waals surface area contributed by atoms with E-state index in [1.165, 1.54) is 0 Å². The number of nitrogens with one attached hydrogen (secondary N) is 1. The zero-order valence-electron chi connectivity index (χ0n) is 15.8. The van der Waals surface area contributed by atoms with Crippen LogP contribution in [0.3, 0.4) is 0 Å². The maximum Gasteiger partial charge on any atom is 0.196 e. The molecule has 3 rings (SSSR count). The van der Waals surface area contributed by atoms with Gasteiger partial charge in [-0.2, -0.15) is 0 Å². The van der Waals surface area contributed by atoms with Crippen LogP contribution in [0.25, 0.3) is 11.0 Å². The second kappa shape index (κ2) is 7.54. The lowest BCUT2D eigenvalue weighted by Crippen LogP contribution is -2.13. The average Bonchev–Trinajstić information content (AvgIpc) is 2.61. The van der Waals surface area contributed by atoms with Gasteiger partial charge in [-0.1, -0.05) is 24.8 Å². The van der Waals surface area contributed by atoms with E-state index in [4.69, 9.17) is 4.42 Å². The molecule has 4 nitrogen and oxygen atoms in total. The van der Waals surface area contributed by atoms with Crippen LogP contribution in [0.5, 0.6) is 0 Å². The number of aromatic nitrogens is 1. The highest BCUT2D eigenvalue weighted by Gasteiger charge is 2.18. The summed E-state index contributed by atoms with van der Waals surface area (Å²) in [5, 5.41) is 4.86. The van der Waals surface area contributed by atoms with Gasteiger partial charge < -0.3 is 9.73 Å². The number of anilines is 1. The van der Waals surface area contributed by atoms with Crippen molar-refractivity contribution in [3.05, 3.63) is 63.1 Å². The Morgan fingerprint density at radius 3 is 2.73 bits per heavy atom. The Kier molecular flexibility index (Phi) is 5.37. The first-order valence-electron chi connectivity index (χ1n) is 8.81. The molecule has 0 fully saturated rings. The molecule has 0 aliphatic heterocycles. The van der Waals surface area contributed by atoms with Crippen LogP contribution in [0.2, 0.25) is 0 Å². The van der Waals surface area contributed by atoms with Crippen LogP contribution in [0.15, 0.2) is 44.8 Å². The van der Waals surface area contributed by atoms with E-state index in [1.807, 2.05) is 39.0 Å². The van der Waals surface area contributed by atoms with E-state index in [0.29, 0.717) is 21.6 Å². The van der Waals surface area contributed by atoms with Crippen molar-refractivity contribution in [2.75, 3.05) is 11.1 Å². The molecule has 0 aliphatic rings. The molecular weight excluding hydrogens is 344 g/mol. The van der Waals surface area contributed by atoms with Crippen molar-refractivity contribution in [3.8, 4) is 0 Å². The Labute approximate surface area is 158 Å². The SMILES string of the molecule is CCSc1oc2c(C(C)Nc3cccnc3C)cc(C)cc2c(=O)c1C. The summed E-state index contributed by atoms with van der Waals surface area (Å²) >= 11 is 1.56. The number of nitrogens with zero attached hydrogens (tertiary/aromatic N) is 1. The fourth-order valence-electron chi connectivity index (χ4n) is 3.09. The fourth-order valence-corrected chi connectivity index (χ4v) is 3.80. The molecule has 26 heavy (non-hydrogen) atoms. The minimum atomic E-state index is -0.0226. The molecule has 0 bridgehead atoms. The number of pyridine rings is 1. The summed E-state index contributed by atoms with van der Waals surface area (Å²) < 4.78 is 6.20. The molecule has 0 saturated carbocycles. The second-order valence-electron chi connectivity index (χ2n) is 6.51. The molecule has 1 N–H and O–H groups in total. The molecule has 0 aliphatic carbocycles. The Bertz CT molecular complexity index is 1010. The van der Waals surface area contributed by atoms with Crippen LogP contribution in [0.1, 0.15) is 42.3 Å². The topological polar surface area (TPSA) is 55.1 Å². The van der Waals surface area contributed by atoms with Gasteiger partial charge in [0, 0.05) is 17.3 Å². The third-order valence-electron chi connectivity index (χ3n) is 4.47. The largest absolute Gasteiger partial charge is 0.449 e. The molecule has 1 unspecified atom stereocenters.